The molecule has 0 amide bonds. The molecule has 3 heterocycles. The van der Waals surface area contributed by atoms with Crippen LogP contribution < -0.4 is 20.9 Å². The first-order valence-corrected chi connectivity index (χ1v) is 12.4. The topological polar surface area (TPSA) is 73.0 Å². The predicted octanol–water partition coefficient (Wildman–Crippen LogP) is 4.25. The quantitative estimate of drug-likeness (QED) is 0.533. The molecular formula is C23H26BrN7S. The molecule has 9 heteroatoms. The number of hydrogen-bond donors (Lipinski definition) is 2. The summed E-state index contributed by atoms with van der Waals surface area (Å²) in [4.78, 5) is 16.1. The standard InChI is InChI=1S/C23H26BrN7S/c1-2-29-9-11-30(12-10-29)17-5-3-16(4-6-17)28-23-26-14-19(24)22(25)31(23)18-7-8-21-20(13-18)27-15-32-21/h3-8,13-15,23,28H,2,9-12,25H2,1H3. The largest absolute Gasteiger partial charge is 0.384 e. The monoisotopic (exact) mass is 511 g/mol. The number of rotatable bonds is 5. The van der Waals surface area contributed by atoms with Gasteiger partial charge in [-0.15, -0.1) is 11.3 Å². The lowest BCUT2D eigenvalue weighted by Gasteiger charge is -2.36. The molecule has 2 aliphatic heterocycles. The van der Waals surface area contributed by atoms with E-state index in [9.17, 15) is 0 Å². The van der Waals surface area contributed by atoms with Crippen molar-refractivity contribution in [1.29, 1.82) is 0 Å². The maximum atomic E-state index is 6.46. The van der Waals surface area contributed by atoms with Gasteiger partial charge >= 0.3 is 0 Å². The first-order valence-electron chi connectivity index (χ1n) is 10.8. The van der Waals surface area contributed by atoms with Crippen molar-refractivity contribution in [3.05, 3.63) is 58.3 Å². The Hall–Kier alpha value is -2.62. The molecule has 0 saturated carbocycles. The van der Waals surface area contributed by atoms with Gasteiger partial charge < -0.3 is 20.9 Å². The second-order valence-corrected chi connectivity index (χ2v) is 9.61. The molecule has 1 atom stereocenters. The maximum absolute atomic E-state index is 6.46. The lowest BCUT2D eigenvalue weighted by atomic mass is 10.2. The zero-order valence-corrected chi connectivity index (χ0v) is 20.3. The van der Waals surface area contributed by atoms with Crippen LogP contribution in [-0.4, -0.2) is 55.1 Å². The van der Waals surface area contributed by atoms with Gasteiger partial charge in [0.1, 0.15) is 5.82 Å². The predicted molar refractivity (Wildman–Crippen MR) is 139 cm³/mol. The van der Waals surface area contributed by atoms with Crippen molar-refractivity contribution in [2.24, 2.45) is 10.7 Å². The van der Waals surface area contributed by atoms with Gasteiger partial charge in [-0.3, -0.25) is 4.90 Å². The third kappa shape index (κ3) is 4.20. The number of aliphatic imine (C=N–C) groups is 1. The molecule has 1 saturated heterocycles. The SMILES string of the molecule is CCN1CCN(c2ccc(NC3N=CC(Br)=C(N)N3c3ccc4scnc4c3)cc2)CC1. The molecule has 2 aliphatic rings. The van der Waals surface area contributed by atoms with Crippen LogP contribution in [0, 0.1) is 0 Å². The molecule has 5 rings (SSSR count). The van der Waals surface area contributed by atoms with Crippen molar-refractivity contribution in [2.75, 3.05) is 47.8 Å². The normalized spacial score (nSPS) is 19.8. The first kappa shape index (κ1) is 21.2. The number of nitrogens with one attached hydrogen (secondary N) is 1. The summed E-state index contributed by atoms with van der Waals surface area (Å²) >= 11 is 5.15. The van der Waals surface area contributed by atoms with E-state index in [4.69, 9.17) is 5.73 Å². The van der Waals surface area contributed by atoms with Crippen molar-refractivity contribution in [3.8, 4) is 0 Å². The molecule has 166 valence electrons. The fourth-order valence-electron chi connectivity index (χ4n) is 4.13. The molecule has 1 fully saturated rings. The summed E-state index contributed by atoms with van der Waals surface area (Å²) in [5.74, 6) is 0.609. The molecule has 2 aromatic carbocycles. The van der Waals surface area contributed by atoms with Crippen LogP contribution >= 0.6 is 27.3 Å². The van der Waals surface area contributed by atoms with Crippen LogP contribution in [0.3, 0.4) is 0 Å². The zero-order chi connectivity index (χ0) is 22.1. The lowest BCUT2D eigenvalue weighted by molar-refractivity contribution is 0.271. The summed E-state index contributed by atoms with van der Waals surface area (Å²) in [6, 6.07) is 14.8. The number of fused-ring (bicyclic) bond motifs is 1. The van der Waals surface area contributed by atoms with Crippen LogP contribution in [-0.2, 0) is 0 Å². The number of anilines is 3. The number of allylic oxidation sites excluding steroid dienone is 1. The molecule has 0 spiro atoms. The Morgan fingerprint density at radius 3 is 2.59 bits per heavy atom. The summed E-state index contributed by atoms with van der Waals surface area (Å²) in [5, 5.41) is 3.52. The van der Waals surface area contributed by atoms with Gasteiger partial charge in [-0.2, -0.15) is 0 Å². The van der Waals surface area contributed by atoms with E-state index in [1.165, 1.54) is 5.69 Å². The first-order chi connectivity index (χ1) is 15.6. The number of aromatic nitrogens is 1. The van der Waals surface area contributed by atoms with Gasteiger partial charge in [0, 0.05) is 49.5 Å². The second kappa shape index (κ2) is 9.09. The molecule has 3 N–H and O–H groups in total. The number of nitrogens with zero attached hydrogens (tertiary/aromatic N) is 5. The highest BCUT2D eigenvalue weighted by Gasteiger charge is 2.26. The molecule has 32 heavy (non-hydrogen) atoms. The Labute approximate surface area is 200 Å². The van der Waals surface area contributed by atoms with Crippen molar-refractivity contribution in [3.63, 3.8) is 0 Å². The minimum absolute atomic E-state index is 0.355. The number of thiazole rings is 1. The molecule has 1 unspecified atom stereocenters. The van der Waals surface area contributed by atoms with E-state index >= 15 is 0 Å². The van der Waals surface area contributed by atoms with E-state index < -0.39 is 0 Å². The van der Waals surface area contributed by atoms with Crippen LogP contribution in [0.2, 0.25) is 0 Å². The minimum Gasteiger partial charge on any atom is -0.384 e. The van der Waals surface area contributed by atoms with Crippen LogP contribution in [0.1, 0.15) is 6.92 Å². The molecule has 7 nitrogen and oxygen atoms in total. The number of benzene rings is 2. The van der Waals surface area contributed by atoms with E-state index in [1.807, 2.05) is 16.5 Å². The number of piperazine rings is 1. The van der Waals surface area contributed by atoms with E-state index in [0.717, 1.165) is 58.8 Å². The maximum Gasteiger partial charge on any atom is 0.201 e. The average Bonchev–Trinajstić information content (AvgIpc) is 3.30. The molecule has 0 aliphatic carbocycles. The molecule has 0 bridgehead atoms. The fourth-order valence-corrected chi connectivity index (χ4v) is 5.10. The Morgan fingerprint density at radius 2 is 1.84 bits per heavy atom. The van der Waals surface area contributed by atoms with Crippen molar-refractivity contribution >= 4 is 60.8 Å². The van der Waals surface area contributed by atoms with Crippen LogP contribution in [0.15, 0.2) is 63.3 Å². The lowest BCUT2D eigenvalue weighted by Crippen LogP contribution is -2.46. The summed E-state index contributed by atoms with van der Waals surface area (Å²) in [7, 11) is 0. The smallest absolute Gasteiger partial charge is 0.201 e. The molecule has 0 radical (unpaired) electrons. The van der Waals surface area contributed by atoms with Crippen LogP contribution in [0.5, 0.6) is 0 Å². The molecule has 1 aromatic heterocycles. The van der Waals surface area contributed by atoms with E-state index in [-0.39, 0.29) is 6.29 Å². The zero-order valence-electron chi connectivity index (χ0n) is 17.9. The molecular weight excluding hydrogens is 486 g/mol. The van der Waals surface area contributed by atoms with Gasteiger partial charge in [-0.1, -0.05) is 6.92 Å². The van der Waals surface area contributed by atoms with Gasteiger partial charge in [0.25, 0.3) is 0 Å². The van der Waals surface area contributed by atoms with E-state index in [2.05, 4.69) is 84.3 Å². The van der Waals surface area contributed by atoms with Gasteiger partial charge in [-0.05, 0) is 64.9 Å². The van der Waals surface area contributed by atoms with E-state index in [1.54, 1.807) is 17.6 Å². The third-order valence-corrected chi connectivity index (χ3v) is 7.44. The van der Waals surface area contributed by atoms with Crippen LogP contribution in [0.25, 0.3) is 10.2 Å². The van der Waals surface area contributed by atoms with Gasteiger partial charge in [0.15, 0.2) is 0 Å². The third-order valence-electron chi connectivity index (χ3n) is 6.02. The summed E-state index contributed by atoms with van der Waals surface area (Å²) in [5.41, 5.74) is 12.5. The van der Waals surface area contributed by atoms with Gasteiger partial charge in [0.05, 0.1) is 20.2 Å². The number of nitrogens with two attached hydrogens (primary N) is 1. The van der Waals surface area contributed by atoms with Crippen molar-refractivity contribution in [1.82, 2.24) is 9.88 Å². The Morgan fingerprint density at radius 1 is 1.09 bits per heavy atom. The summed E-state index contributed by atoms with van der Waals surface area (Å²) < 4.78 is 1.91. The number of likely N-dealkylation sites (N-methyl/N-ethyl adjacent to an activating group) is 1. The second-order valence-electron chi connectivity index (χ2n) is 7.87. The average molecular weight is 512 g/mol. The minimum atomic E-state index is -0.355. The van der Waals surface area contributed by atoms with Gasteiger partial charge in [-0.25, -0.2) is 9.98 Å². The number of halogens is 1. The summed E-state index contributed by atoms with van der Waals surface area (Å²) in [6.07, 6.45) is 1.40. The van der Waals surface area contributed by atoms with E-state index in [0.29, 0.717) is 5.82 Å². The highest BCUT2D eigenvalue weighted by atomic mass is 79.9. The van der Waals surface area contributed by atoms with Crippen molar-refractivity contribution < 1.29 is 0 Å². The fraction of sp³-hybridized carbons (Fsp3) is 0.304. The van der Waals surface area contributed by atoms with Crippen molar-refractivity contribution in [2.45, 2.75) is 13.2 Å². The Bertz CT molecular complexity index is 1150. The van der Waals surface area contributed by atoms with Gasteiger partial charge in [0.2, 0.25) is 6.29 Å². The Balaban J connectivity index is 1.34. The Kier molecular flexibility index (Phi) is 6.03. The highest BCUT2D eigenvalue weighted by molar-refractivity contribution is 9.12. The highest BCUT2D eigenvalue weighted by Crippen LogP contribution is 2.31. The molecule has 3 aromatic rings. The van der Waals surface area contributed by atoms with Crippen LogP contribution in [0.4, 0.5) is 17.1 Å². The number of hydrogen-bond acceptors (Lipinski definition) is 8. The summed E-state index contributed by atoms with van der Waals surface area (Å²) in [6.45, 7) is 7.71.